The molecule has 2 heterocycles. The van der Waals surface area contributed by atoms with Gasteiger partial charge in [-0.15, -0.1) is 0 Å². The van der Waals surface area contributed by atoms with Crippen molar-refractivity contribution in [2.45, 2.75) is 4.90 Å². The normalized spacial score (nSPS) is 14.2. The van der Waals surface area contributed by atoms with Crippen LogP contribution in [0.4, 0.5) is 0 Å². The van der Waals surface area contributed by atoms with Crippen LogP contribution in [0.2, 0.25) is 0 Å². The monoisotopic (exact) mass is 338 g/mol. The van der Waals surface area contributed by atoms with Crippen LogP contribution in [0.5, 0.6) is 0 Å². The average molecular weight is 338 g/mol. The molecule has 5 nitrogen and oxygen atoms in total. The first kappa shape index (κ1) is 14.7. The van der Waals surface area contributed by atoms with E-state index in [1.165, 1.54) is 12.1 Å². The van der Waals surface area contributed by atoms with E-state index in [2.05, 4.69) is 5.32 Å². The number of fused-ring (bicyclic) bond motifs is 3. The second-order valence-electron chi connectivity index (χ2n) is 5.47. The molecule has 4 rings (SSSR count). The van der Waals surface area contributed by atoms with Gasteiger partial charge < -0.3 is 5.32 Å². The van der Waals surface area contributed by atoms with Crippen molar-refractivity contribution in [2.24, 2.45) is 0 Å². The molecule has 1 aliphatic heterocycles. The van der Waals surface area contributed by atoms with Crippen LogP contribution in [0.3, 0.4) is 0 Å². The summed E-state index contributed by atoms with van der Waals surface area (Å²) >= 11 is 0. The van der Waals surface area contributed by atoms with Gasteiger partial charge >= 0.3 is 0 Å². The molecule has 0 fully saturated rings. The molecule has 1 amide bonds. The van der Waals surface area contributed by atoms with Crippen LogP contribution >= 0.6 is 0 Å². The molecule has 1 aliphatic rings. The number of hydrogen-bond donors (Lipinski definition) is 1. The Hall–Kier alpha value is -2.86. The lowest BCUT2D eigenvalue weighted by Crippen LogP contribution is -2.28. The maximum absolute atomic E-state index is 13.2. The molecule has 0 spiro atoms. The third-order valence-corrected chi connectivity index (χ3v) is 5.76. The van der Waals surface area contributed by atoms with Crippen molar-refractivity contribution in [3.8, 4) is 0 Å². The van der Waals surface area contributed by atoms with Gasteiger partial charge in [-0.3, -0.25) is 4.79 Å². The Kier molecular flexibility index (Phi) is 3.28. The third-order valence-electron chi connectivity index (χ3n) is 4.03. The van der Waals surface area contributed by atoms with Gasteiger partial charge in [-0.05, 0) is 18.2 Å². The molecule has 120 valence electrons. The minimum atomic E-state index is -3.89. The Labute approximate surface area is 139 Å². The van der Waals surface area contributed by atoms with E-state index in [1.54, 1.807) is 36.4 Å². The summed E-state index contributed by atoms with van der Waals surface area (Å²) in [5.74, 6) is -0.397. The summed E-state index contributed by atoms with van der Waals surface area (Å²) < 4.78 is 27.5. The van der Waals surface area contributed by atoms with Gasteiger partial charge in [0.1, 0.15) is 5.69 Å². The molecule has 0 bridgehead atoms. The first-order chi connectivity index (χ1) is 11.6. The molecular formula is C18H14N2O3S. The Bertz CT molecular complexity index is 1080. The molecule has 1 N–H and O–H groups in total. The summed E-state index contributed by atoms with van der Waals surface area (Å²) in [5.41, 5.74) is 1.27. The van der Waals surface area contributed by atoms with Crippen molar-refractivity contribution in [1.29, 1.82) is 0 Å². The predicted molar refractivity (Wildman–Crippen MR) is 92.3 cm³/mol. The van der Waals surface area contributed by atoms with Crippen molar-refractivity contribution < 1.29 is 13.2 Å². The van der Waals surface area contributed by atoms with Gasteiger partial charge in [-0.1, -0.05) is 48.6 Å². The zero-order chi connectivity index (χ0) is 16.7. The van der Waals surface area contributed by atoms with E-state index in [-0.39, 0.29) is 10.6 Å². The number of nitrogens with one attached hydrogen (secondary N) is 1. The molecule has 2 aromatic carbocycles. The molecule has 0 saturated carbocycles. The Morgan fingerprint density at radius 3 is 2.46 bits per heavy atom. The number of carbonyl (C=O) groups excluding carboxylic acids is 1. The van der Waals surface area contributed by atoms with E-state index in [1.807, 2.05) is 18.2 Å². The van der Waals surface area contributed by atoms with Crippen LogP contribution in [0, 0.1) is 0 Å². The second kappa shape index (κ2) is 5.35. The number of para-hydroxylation sites is 1. The molecular weight excluding hydrogens is 324 g/mol. The lowest BCUT2D eigenvalue weighted by molar-refractivity contribution is 0.0953. The smallest absolute Gasteiger partial charge is 0.269 e. The second-order valence-corrected chi connectivity index (χ2v) is 7.26. The lowest BCUT2D eigenvalue weighted by atomic mass is 10.1. The fraction of sp³-hybridized carbons (Fsp3) is 0.0556. The number of nitrogens with zero attached hydrogens (tertiary/aromatic N) is 1. The van der Waals surface area contributed by atoms with Crippen molar-refractivity contribution in [3.05, 3.63) is 71.9 Å². The number of benzene rings is 2. The van der Waals surface area contributed by atoms with Crippen molar-refractivity contribution >= 4 is 32.9 Å². The summed E-state index contributed by atoms with van der Waals surface area (Å²) in [6.07, 6.45) is 3.61. The molecule has 6 heteroatoms. The van der Waals surface area contributed by atoms with Crippen LogP contribution in [-0.2, 0) is 10.0 Å². The number of amides is 1. The highest BCUT2D eigenvalue weighted by atomic mass is 32.2. The predicted octanol–water partition coefficient (Wildman–Crippen LogP) is 2.63. The van der Waals surface area contributed by atoms with E-state index >= 15 is 0 Å². The zero-order valence-corrected chi connectivity index (χ0v) is 13.5. The average Bonchev–Trinajstić information content (AvgIpc) is 2.83. The highest BCUT2D eigenvalue weighted by Crippen LogP contribution is 2.32. The van der Waals surface area contributed by atoms with Crippen LogP contribution in [0.25, 0.3) is 17.0 Å². The van der Waals surface area contributed by atoms with E-state index in [0.29, 0.717) is 17.6 Å². The van der Waals surface area contributed by atoms with E-state index in [0.717, 1.165) is 9.36 Å². The highest BCUT2D eigenvalue weighted by Gasteiger charge is 2.30. The van der Waals surface area contributed by atoms with Gasteiger partial charge in [0.15, 0.2) is 0 Å². The molecule has 0 atom stereocenters. The molecule has 3 aromatic rings. The molecule has 0 unspecified atom stereocenters. The van der Waals surface area contributed by atoms with Gasteiger partial charge in [0.05, 0.1) is 10.4 Å². The molecule has 0 aliphatic carbocycles. The van der Waals surface area contributed by atoms with Gasteiger partial charge in [-0.25, -0.2) is 12.4 Å². The molecule has 24 heavy (non-hydrogen) atoms. The van der Waals surface area contributed by atoms with Crippen LogP contribution in [-0.4, -0.2) is 24.8 Å². The van der Waals surface area contributed by atoms with Gasteiger partial charge in [0, 0.05) is 17.5 Å². The Morgan fingerprint density at radius 1 is 0.958 bits per heavy atom. The summed E-state index contributed by atoms with van der Waals surface area (Å²) in [6.45, 7) is 0.368. The standard InChI is InChI=1S/C18H14N2O3S/c21-18-17-15(10-6-12-19-18)14-9-4-5-11-16(14)20(17)24(22,23)13-7-2-1-3-8-13/h1-11H,12H2,(H,19,21). The fourth-order valence-electron chi connectivity index (χ4n) is 2.98. The maximum atomic E-state index is 13.2. The number of rotatable bonds is 2. The summed E-state index contributed by atoms with van der Waals surface area (Å²) in [5, 5.41) is 3.45. The van der Waals surface area contributed by atoms with E-state index < -0.39 is 15.9 Å². The van der Waals surface area contributed by atoms with E-state index in [9.17, 15) is 13.2 Å². The summed E-state index contributed by atoms with van der Waals surface area (Å²) in [4.78, 5) is 12.7. The van der Waals surface area contributed by atoms with E-state index in [4.69, 9.17) is 0 Å². The van der Waals surface area contributed by atoms with Crippen molar-refractivity contribution in [1.82, 2.24) is 9.29 Å². The number of hydrogen-bond acceptors (Lipinski definition) is 3. The number of aromatic nitrogens is 1. The SMILES string of the molecule is O=C1NCC=Cc2c1n(S(=O)(=O)c1ccccc1)c1ccccc21. The van der Waals surface area contributed by atoms with Crippen LogP contribution in [0.15, 0.2) is 65.6 Å². The first-order valence-corrected chi connectivity index (χ1v) is 8.93. The minimum absolute atomic E-state index is 0.147. The maximum Gasteiger partial charge on any atom is 0.269 e. The lowest BCUT2D eigenvalue weighted by Gasteiger charge is -2.11. The zero-order valence-electron chi connectivity index (χ0n) is 12.6. The third kappa shape index (κ3) is 2.07. The fourth-order valence-corrected chi connectivity index (χ4v) is 4.53. The largest absolute Gasteiger partial charge is 0.347 e. The quantitative estimate of drug-likeness (QED) is 0.781. The van der Waals surface area contributed by atoms with Crippen LogP contribution in [0.1, 0.15) is 16.1 Å². The first-order valence-electron chi connectivity index (χ1n) is 7.49. The van der Waals surface area contributed by atoms with Gasteiger partial charge in [-0.2, -0.15) is 0 Å². The Morgan fingerprint density at radius 2 is 1.67 bits per heavy atom. The molecule has 0 radical (unpaired) electrons. The molecule has 0 saturated heterocycles. The summed E-state index contributed by atoms with van der Waals surface area (Å²) in [7, 11) is -3.89. The van der Waals surface area contributed by atoms with Gasteiger partial charge in [0.25, 0.3) is 15.9 Å². The summed E-state index contributed by atoms with van der Waals surface area (Å²) in [6, 6.07) is 15.3. The minimum Gasteiger partial charge on any atom is -0.347 e. The highest BCUT2D eigenvalue weighted by molar-refractivity contribution is 7.90. The van der Waals surface area contributed by atoms with Crippen molar-refractivity contribution in [2.75, 3.05) is 6.54 Å². The molecule has 1 aromatic heterocycles. The topological polar surface area (TPSA) is 68.2 Å². The van der Waals surface area contributed by atoms with Crippen molar-refractivity contribution in [3.63, 3.8) is 0 Å². The Balaban J connectivity index is 2.14. The number of carbonyl (C=O) groups is 1. The van der Waals surface area contributed by atoms with Crippen LogP contribution < -0.4 is 5.32 Å². The van der Waals surface area contributed by atoms with Gasteiger partial charge in [0.2, 0.25) is 0 Å².